The van der Waals surface area contributed by atoms with Crippen LogP contribution < -0.4 is 16.2 Å². The number of aromatic nitrogens is 2. The monoisotopic (exact) mass is 562 g/mol. The Bertz CT molecular complexity index is 1760. The molecule has 0 bridgehead atoms. The summed E-state index contributed by atoms with van der Waals surface area (Å²) in [5.74, 6) is -0.524. The Kier molecular flexibility index (Phi) is 8.21. The highest BCUT2D eigenvalue weighted by Crippen LogP contribution is 2.37. The molecule has 0 aliphatic rings. The molecule has 2 amide bonds. The minimum Gasteiger partial charge on any atom is -0.322 e. The smallest absolute Gasteiger partial charge is 0.295 e. The van der Waals surface area contributed by atoms with Crippen LogP contribution in [-0.4, -0.2) is 21.2 Å². The molecule has 1 aromatic heterocycles. The summed E-state index contributed by atoms with van der Waals surface area (Å²) < 4.78 is 3.27. The Labute approximate surface area is 242 Å². The van der Waals surface area contributed by atoms with Gasteiger partial charge in [-0.05, 0) is 61.9 Å². The number of hydrogen-bond donors (Lipinski definition) is 2. The van der Waals surface area contributed by atoms with E-state index in [-0.39, 0.29) is 23.1 Å². The van der Waals surface area contributed by atoms with Crippen LogP contribution in [0.25, 0.3) is 5.69 Å². The molecule has 0 fully saturated rings. The predicted octanol–water partition coefficient (Wildman–Crippen LogP) is 6.52. The maximum atomic E-state index is 13.8. The first kappa shape index (κ1) is 27.7. The van der Waals surface area contributed by atoms with Crippen molar-refractivity contribution in [1.29, 1.82) is 0 Å². The number of nitrogens with one attached hydrogen (secondary N) is 2. The van der Waals surface area contributed by atoms with Gasteiger partial charge in [-0.3, -0.25) is 19.1 Å². The average molecular weight is 563 g/mol. The highest BCUT2D eigenvalue weighted by atomic mass is 32.2. The van der Waals surface area contributed by atoms with Gasteiger partial charge in [-0.2, -0.15) is 0 Å². The summed E-state index contributed by atoms with van der Waals surface area (Å²) in [6, 6.07) is 33.5. The summed E-state index contributed by atoms with van der Waals surface area (Å²) in [6.07, 6.45) is 0. The van der Waals surface area contributed by atoms with Crippen LogP contribution in [0.1, 0.15) is 32.4 Å². The van der Waals surface area contributed by atoms with Gasteiger partial charge >= 0.3 is 0 Å². The van der Waals surface area contributed by atoms with Crippen LogP contribution in [0.3, 0.4) is 0 Å². The third-order valence-electron chi connectivity index (χ3n) is 6.77. The zero-order valence-electron chi connectivity index (χ0n) is 23.0. The molecule has 0 aliphatic carbocycles. The van der Waals surface area contributed by atoms with Crippen molar-refractivity contribution in [3.63, 3.8) is 0 Å². The molecular weight excluding hydrogens is 532 g/mol. The molecule has 2 N–H and O–H groups in total. The van der Waals surface area contributed by atoms with Crippen LogP contribution >= 0.6 is 11.8 Å². The lowest BCUT2D eigenvalue weighted by atomic mass is 10.1. The third-order valence-corrected chi connectivity index (χ3v) is 8.02. The number of aryl methyl sites for hydroxylation is 1. The molecule has 5 aromatic rings. The minimum absolute atomic E-state index is 0.206. The zero-order valence-corrected chi connectivity index (χ0v) is 23.8. The SMILES string of the molecule is Cc1cccc(C(=O)Nc2cccc(SC(C(=O)Nc3c(C)n(C)n(-c4ccccc4)c3=O)c3ccccc3)c2)c1. The third kappa shape index (κ3) is 6.18. The molecule has 0 saturated heterocycles. The summed E-state index contributed by atoms with van der Waals surface area (Å²) in [5, 5.41) is 5.22. The lowest BCUT2D eigenvalue weighted by Gasteiger charge is -2.17. The number of para-hydroxylation sites is 1. The molecular formula is C33H30N4O3S. The molecule has 1 heterocycles. The number of hydrogen-bond acceptors (Lipinski definition) is 4. The van der Waals surface area contributed by atoms with Crippen LogP contribution in [0.5, 0.6) is 0 Å². The maximum Gasteiger partial charge on any atom is 0.295 e. The molecule has 206 valence electrons. The van der Waals surface area contributed by atoms with E-state index in [0.717, 1.165) is 16.0 Å². The predicted molar refractivity (Wildman–Crippen MR) is 165 cm³/mol. The lowest BCUT2D eigenvalue weighted by molar-refractivity contribution is -0.115. The number of rotatable bonds is 8. The van der Waals surface area contributed by atoms with Crippen molar-refractivity contribution in [3.8, 4) is 5.69 Å². The van der Waals surface area contributed by atoms with E-state index in [9.17, 15) is 14.4 Å². The number of benzene rings is 4. The zero-order chi connectivity index (χ0) is 28.9. The molecule has 5 rings (SSSR count). The first-order chi connectivity index (χ1) is 19.8. The van der Waals surface area contributed by atoms with Gasteiger partial charge in [0.2, 0.25) is 5.91 Å². The van der Waals surface area contributed by atoms with Gasteiger partial charge in [0, 0.05) is 23.2 Å². The number of amides is 2. The van der Waals surface area contributed by atoms with Gasteiger partial charge in [0.25, 0.3) is 11.5 Å². The second-order valence-corrected chi connectivity index (χ2v) is 10.9. The Morgan fingerprint density at radius 3 is 2.17 bits per heavy atom. The van der Waals surface area contributed by atoms with Gasteiger partial charge in [-0.1, -0.05) is 72.3 Å². The van der Waals surface area contributed by atoms with Gasteiger partial charge in [-0.15, -0.1) is 11.8 Å². The van der Waals surface area contributed by atoms with Gasteiger partial charge in [0.1, 0.15) is 10.9 Å². The normalized spacial score (nSPS) is 11.6. The van der Waals surface area contributed by atoms with Crippen LogP contribution in [0.4, 0.5) is 11.4 Å². The minimum atomic E-state index is -0.650. The second-order valence-electron chi connectivity index (χ2n) is 9.69. The van der Waals surface area contributed by atoms with Gasteiger partial charge < -0.3 is 10.6 Å². The van der Waals surface area contributed by atoms with Crippen LogP contribution in [0.15, 0.2) is 119 Å². The number of thioether (sulfide) groups is 1. The second kappa shape index (κ2) is 12.1. The molecule has 0 aliphatic heterocycles. The quantitative estimate of drug-likeness (QED) is 0.211. The van der Waals surface area contributed by atoms with Crippen molar-refractivity contribution in [3.05, 3.63) is 142 Å². The van der Waals surface area contributed by atoms with Gasteiger partial charge in [-0.25, -0.2) is 4.68 Å². The van der Waals surface area contributed by atoms with E-state index in [1.165, 1.54) is 16.4 Å². The Balaban J connectivity index is 1.41. The fourth-order valence-corrected chi connectivity index (χ4v) is 5.66. The van der Waals surface area contributed by atoms with Crippen molar-refractivity contribution in [2.45, 2.75) is 24.0 Å². The molecule has 4 aromatic carbocycles. The van der Waals surface area contributed by atoms with Gasteiger partial charge in [0.15, 0.2) is 0 Å². The standard InChI is InChI=1S/C33H30N4O3S/c1-22-12-10-15-25(20-22)31(38)34-26-16-11-19-28(21-26)41-30(24-13-6-4-7-14-24)32(39)35-29-23(2)36(3)37(33(29)40)27-17-8-5-9-18-27/h4-21,30H,1-3H3,(H,34,38)(H,35,39). The Hall–Kier alpha value is -4.82. The van der Waals surface area contributed by atoms with Crippen molar-refractivity contribution < 1.29 is 9.59 Å². The van der Waals surface area contributed by atoms with E-state index in [1.807, 2.05) is 117 Å². The first-order valence-corrected chi connectivity index (χ1v) is 14.0. The van der Waals surface area contributed by atoms with E-state index < -0.39 is 5.25 Å². The summed E-state index contributed by atoms with van der Waals surface area (Å²) in [7, 11) is 1.79. The van der Waals surface area contributed by atoms with Crippen molar-refractivity contribution in [2.24, 2.45) is 7.05 Å². The molecule has 8 heteroatoms. The van der Waals surface area contributed by atoms with Crippen LogP contribution in [0, 0.1) is 13.8 Å². The van der Waals surface area contributed by atoms with Gasteiger partial charge in [0.05, 0.1) is 11.4 Å². The van der Waals surface area contributed by atoms with E-state index in [2.05, 4.69) is 10.6 Å². The molecule has 1 atom stereocenters. The molecule has 1 unspecified atom stereocenters. The highest BCUT2D eigenvalue weighted by Gasteiger charge is 2.26. The topological polar surface area (TPSA) is 85.1 Å². The maximum absolute atomic E-state index is 13.8. The Morgan fingerprint density at radius 2 is 1.46 bits per heavy atom. The highest BCUT2D eigenvalue weighted by molar-refractivity contribution is 8.00. The summed E-state index contributed by atoms with van der Waals surface area (Å²) in [4.78, 5) is 40.8. The first-order valence-electron chi connectivity index (χ1n) is 13.2. The molecule has 0 spiro atoms. The van der Waals surface area contributed by atoms with E-state index in [4.69, 9.17) is 0 Å². The van der Waals surface area contributed by atoms with Crippen LogP contribution in [-0.2, 0) is 11.8 Å². The van der Waals surface area contributed by atoms with Crippen molar-refractivity contribution >= 4 is 35.0 Å². The van der Waals surface area contributed by atoms with Crippen LogP contribution in [0.2, 0.25) is 0 Å². The Morgan fingerprint density at radius 1 is 0.780 bits per heavy atom. The van der Waals surface area contributed by atoms with E-state index in [1.54, 1.807) is 17.8 Å². The number of anilines is 2. The summed E-state index contributed by atoms with van der Waals surface area (Å²) in [6.45, 7) is 3.75. The van der Waals surface area contributed by atoms with E-state index in [0.29, 0.717) is 22.6 Å². The summed E-state index contributed by atoms with van der Waals surface area (Å²) >= 11 is 1.35. The number of carbonyl (C=O) groups is 2. The van der Waals surface area contributed by atoms with Crippen molar-refractivity contribution in [2.75, 3.05) is 10.6 Å². The molecule has 0 saturated carbocycles. The summed E-state index contributed by atoms with van der Waals surface area (Å²) in [5.41, 5.74) is 4.28. The fourth-order valence-electron chi connectivity index (χ4n) is 4.57. The molecule has 0 radical (unpaired) electrons. The molecule has 7 nitrogen and oxygen atoms in total. The van der Waals surface area contributed by atoms with E-state index >= 15 is 0 Å². The largest absolute Gasteiger partial charge is 0.322 e. The fraction of sp³-hybridized carbons (Fsp3) is 0.121. The number of nitrogens with zero attached hydrogens (tertiary/aromatic N) is 2. The molecule has 41 heavy (non-hydrogen) atoms. The lowest BCUT2D eigenvalue weighted by Crippen LogP contribution is -2.25. The number of carbonyl (C=O) groups excluding carboxylic acids is 2. The average Bonchev–Trinajstić information content (AvgIpc) is 3.19. The van der Waals surface area contributed by atoms with Crippen molar-refractivity contribution in [1.82, 2.24) is 9.36 Å².